The quantitative estimate of drug-likeness (QED) is 0.741. The van der Waals surface area contributed by atoms with Crippen molar-refractivity contribution >= 4 is 19.7 Å². The summed E-state index contributed by atoms with van der Waals surface area (Å²) in [5.41, 5.74) is 2.92. The highest BCUT2D eigenvalue weighted by Crippen LogP contribution is 2.39. The third kappa shape index (κ3) is 3.13. The molecule has 2 nitrogen and oxygen atoms in total. The predicted octanol–water partition coefficient (Wildman–Crippen LogP) is 4.23. The fourth-order valence-corrected chi connectivity index (χ4v) is 3.10. The zero-order valence-corrected chi connectivity index (χ0v) is 12.3. The Labute approximate surface area is 97.8 Å². The second-order valence-electron chi connectivity index (χ2n) is 5.43. The van der Waals surface area contributed by atoms with Gasteiger partial charge in [0.15, 0.2) is 8.32 Å². The summed E-state index contributed by atoms with van der Waals surface area (Å²) in [7, 11) is -1.66. The van der Waals surface area contributed by atoms with Crippen LogP contribution in [0.15, 0.2) is 10.9 Å². The Balaban J connectivity index is 2.70. The van der Waals surface area contributed by atoms with Gasteiger partial charge >= 0.3 is 0 Å². The van der Waals surface area contributed by atoms with Crippen molar-refractivity contribution in [1.29, 1.82) is 0 Å². The maximum Gasteiger partial charge on any atom is 0.192 e. The van der Waals surface area contributed by atoms with Crippen LogP contribution in [-0.2, 0) is 4.43 Å². The Morgan fingerprint density at radius 3 is 2.40 bits per heavy atom. The molecule has 1 heterocycles. The van der Waals surface area contributed by atoms with E-state index in [9.17, 15) is 0 Å². The zero-order chi connectivity index (χ0) is 11.7. The van der Waals surface area contributed by atoms with E-state index in [4.69, 9.17) is 4.43 Å². The molecule has 0 aliphatic carbocycles. The number of rotatable bonds is 3. The van der Waals surface area contributed by atoms with E-state index in [0.717, 1.165) is 5.69 Å². The minimum absolute atomic E-state index is 0.122. The van der Waals surface area contributed by atoms with Crippen molar-refractivity contribution < 1.29 is 4.43 Å². The molecule has 0 radical (unpaired) electrons. The van der Waals surface area contributed by atoms with Gasteiger partial charge in [-0.15, -0.1) is 11.3 Å². The highest BCUT2D eigenvalue weighted by molar-refractivity contribution is 7.07. The van der Waals surface area contributed by atoms with Crippen LogP contribution in [0.2, 0.25) is 18.1 Å². The first kappa shape index (κ1) is 12.9. The highest BCUT2D eigenvalue weighted by Gasteiger charge is 2.38. The molecule has 1 atom stereocenters. The normalized spacial score (nSPS) is 15.3. The summed E-state index contributed by atoms with van der Waals surface area (Å²) in [6, 6.07) is 0. The van der Waals surface area contributed by atoms with Gasteiger partial charge in [0.2, 0.25) is 0 Å². The van der Waals surface area contributed by atoms with E-state index in [1.807, 2.05) is 5.51 Å². The molecule has 1 rings (SSSR count). The molecule has 0 bridgehead atoms. The van der Waals surface area contributed by atoms with Crippen LogP contribution < -0.4 is 0 Å². The SMILES string of the molecule is CC(O[Si](C)(C)C(C)(C)C)c1cscn1. The van der Waals surface area contributed by atoms with E-state index in [1.165, 1.54) is 0 Å². The summed E-state index contributed by atoms with van der Waals surface area (Å²) in [6.07, 6.45) is 0.122. The van der Waals surface area contributed by atoms with Gasteiger partial charge in [-0.1, -0.05) is 20.8 Å². The molecule has 0 aromatic carbocycles. The Hall–Kier alpha value is -0.193. The second-order valence-corrected chi connectivity index (χ2v) is 10.9. The molecule has 0 amide bonds. The lowest BCUT2D eigenvalue weighted by molar-refractivity contribution is 0.199. The van der Waals surface area contributed by atoms with Crippen molar-refractivity contribution in [2.45, 2.75) is 51.9 Å². The zero-order valence-electron chi connectivity index (χ0n) is 10.5. The van der Waals surface area contributed by atoms with Crippen LogP contribution in [0.5, 0.6) is 0 Å². The summed E-state index contributed by atoms with van der Waals surface area (Å²) in [6.45, 7) is 13.4. The van der Waals surface area contributed by atoms with Gasteiger partial charge in [-0.25, -0.2) is 4.98 Å². The predicted molar refractivity (Wildman–Crippen MR) is 68.8 cm³/mol. The molecule has 0 aliphatic heterocycles. The van der Waals surface area contributed by atoms with Crippen LogP contribution in [0.3, 0.4) is 0 Å². The van der Waals surface area contributed by atoms with Crippen molar-refractivity contribution in [3.8, 4) is 0 Å². The Bertz CT molecular complexity index is 303. The van der Waals surface area contributed by atoms with Crippen LogP contribution in [-0.4, -0.2) is 13.3 Å². The number of nitrogens with zero attached hydrogens (tertiary/aromatic N) is 1. The van der Waals surface area contributed by atoms with Gasteiger partial charge in [-0.3, -0.25) is 0 Å². The molecule has 15 heavy (non-hydrogen) atoms. The van der Waals surface area contributed by atoms with Gasteiger partial charge in [0.1, 0.15) is 0 Å². The van der Waals surface area contributed by atoms with E-state index in [0.29, 0.717) is 0 Å². The third-order valence-corrected chi connectivity index (χ3v) is 8.31. The average Bonchev–Trinajstić information content (AvgIpc) is 2.51. The molecular weight excluding hydrogens is 222 g/mol. The van der Waals surface area contributed by atoms with E-state index in [2.05, 4.69) is 51.2 Å². The summed E-state index contributed by atoms with van der Waals surface area (Å²) >= 11 is 1.63. The van der Waals surface area contributed by atoms with Gasteiger partial charge in [0.05, 0.1) is 17.3 Å². The molecular formula is C11H21NOSSi. The lowest BCUT2D eigenvalue weighted by Gasteiger charge is -2.38. The molecule has 1 unspecified atom stereocenters. The van der Waals surface area contributed by atoms with Crippen LogP contribution in [0.1, 0.15) is 39.5 Å². The lowest BCUT2D eigenvalue weighted by Crippen LogP contribution is -2.41. The van der Waals surface area contributed by atoms with Crippen LogP contribution in [0.25, 0.3) is 0 Å². The van der Waals surface area contributed by atoms with Crippen molar-refractivity contribution in [3.63, 3.8) is 0 Å². The summed E-state index contributed by atoms with van der Waals surface area (Å²) < 4.78 is 6.23. The van der Waals surface area contributed by atoms with Crippen molar-refractivity contribution in [2.75, 3.05) is 0 Å². The van der Waals surface area contributed by atoms with Crippen molar-refractivity contribution in [2.24, 2.45) is 0 Å². The first-order valence-corrected chi connectivity index (χ1v) is 9.15. The molecule has 0 saturated heterocycles. The van der Waals surface area contributed by atoms with Crippen molar-refractivity contribution in [1.82, 2.24) is 4.98 Å². The topological polar surface area (TPSA) is 22.1 Å². The Morgan fingerprint density at radius 1 is 1.40 bits per heavy atom. The summed E-state index contributed by atoms with van der Waals surface area (Å²) in [5, 5.41) is 2.33. The maximum atomic E-state index is 6.23. The monoisotopic (exact) mass is 243 g/mol. The molecule has 0 saturated carbocycles. The van der Waals surface area contributed by atoms with Gasteiger partial charge < -0.3 is 4.43 Å². The van der Waals surface area contributed by atoms with Gasteiger partial charge in [0, 0.05) is 5.38 Å². The lowest BCUT2D eigenvalue weighted by atomic mass is 10.2. The molecule has 1 aromatic heterocycles. The van der Waals surface area contributed by atoms with Gasteiger partial charge in [0.25, 0.3) is 0 Å². The highest BCUT2D eigenvalue weighted by atomic mass is 32.1. The fourth-order valence-electron chi connectivity index (χ4n) is 1.10. The van der Waals surface area contributed by atoms with Gasteiger partial charge in [-0.2, -0.15) is 0 Å². The fraction of sp³-hybridized carbons (Fsp3) is 0.727. The largest absolute Gasteiger partial charge is 0.409 e. The average molecular weight is 243 g/mol. The number of thiazole rings is 1. The van der Waals surface area contributed by atoms with E-state index < -0.39 is 8.32 Å². The molecule has 0 fully saturated rings. The Morgan fingerprint density at radius 2 is 2.00 bits per heavy atom. The molecule has 86 valence electrons. The van der Waals surface area contributed by atoms with Crippen LogP contribution >= 0.6 is 11.3 Å². The molecule has 0 N–H and O–H groups in total. The summed E-state index contributed by atoms with van der Waals surface area (Å²) in [5.74, 6) is 0. The first-order chi connectivity index (χ1) is 6.74. The number of aromatic nitrogens is 1. The first-order valence-electron chi connectivity index (χ1n) is 5.30. The maximum absolute atomic E-state index is 6.23. The molecule has 1 aromatic rings. The third-order valence-electron chi connectivity index (χ3n) is 3.15. The van der Waals surface area contributed by atoms with Gasteiger partial charge in [-0.05, 0) is 25.1 Å². The molecule has 0 spiro atoms. The second kappa shape index (κ2) is 4.35. The van der Waals surface area contributed by atoms with Crippen LogP contribution in [0.4, 0.5) is 0 Å². The Kier molecular flexibility index (Phi) is 3.74. The smallest absolute Gasteiger partial charge is 0.192 e. The van der Waals surface area contributed by atoms with Crippen LogP contribution in [0, 0.1) is 0 Å². The standard InChI is InChI=1S/C11H21NOSSi/c1-9(10-7-14-8-12-10)13-15(5,6)11(2,3)4/h7-9H,1-6H3. The minimum atomic E-state index is -1.66. The van der Waals surface area contributed by atoms with Crippen molar-refractivity contribution in [3.05, 3.63) is 16.6 Å². The number of hydrogen-bond acceptors (Lipinski definition) is 3. The number of hydrogen-bond donors (Lipinski definition) is 0. The van der Waals surface area contributed by atoms with E-state index in [1.54, 1.807) is 11.3 Å². The molecule has 4 heteroatoms. The summed E-state index contributed by atoms with van der Waals surface area (Å²) in [4.78, 5) is 4.30. The van der Waals surface area contributed by atoms with E-state index >= 15 is 0 Å². The minimum Gasteiger partial charge on any atom is -0.409 e. The molecule has 0 aliphatic rings. The van der Waals surface area contributed by atoms with E-state index in [-0.39, 0.29) is 11.1 Å².